The molecule has 3 rings (SSSR count). The van der Waals surface area contributed by atoms with Gasteiger partial charge in [-0.05, 0) is 63.1 Å². The minimum Gasteiger partial charge on any atom is -0.494 e. The van der Waals surface area contributed by atoms with Gasteiger partial charge >= 0.3 is 0 Å². The predicted molar refractivity (Wildman–Crippen MR) is 110 cm³/mol. The molecule has 1 heterocycles. The number of rotatable bonds is 7. The van der Waals surface area contributed by atoms with Crippen LogP contribution < -0.4 is 4.74 Å². The molecule has 0 bridgehead atoms. The molecule has 0 aliphatic carbocycles. The summed E-state index contributed by atoms with van der Waals surface area (Å²) in [5, 5.41) is 3.97. The van der Waals surface area contributed by atoms with Crippen LogP contribution in [0.15, 0.2) is 45.8 Å². The molecule has 0 N–H and O–H groups in total. The van der Waals surface area contributed by atoms with E-state index in [9.17, 15) is 8.42 Å². The lowest BCUT2D eigenvalue weighted by molar-refractivity contribution is 0.336. The molecular weight excluding hydrogens is 390 g/mol. The maximum absolute atomic E-state index is 13.1. The molecule has 8 heteroatoms. The van der Waals surface area contributed by atoms with Gasteiger partial charge in [-0.1, -0.05) is 22.9 Å². The molecule has 0 atom stereocenters. The lowest BCUT2D eigenvalue weighted by Crippen LogP contribution is -2.28. The van der Waals surface area contributed by atoms with Gasteiger partial charge in [0.25, 0.3) is 0 Å². The van der Waals surface area contributed by atoms with E-state index in [0.717, 1.165) is 28.0 Å². The zero-order chi connectivity index (χ0) is 21.2. The fraction of sp³-hybridized carbons (Fsp3) is 0.333. The molecule has 0 fully saturated rings. The van der Waals surface area contributed by atoms with Gasteiger partial charge < -0.3 is 9.26 Å². The number of sulfonamides is 1. The second kappa shape index (κ2) is 8.34. The van der Waals surface area contributed by atoms with E-state index in [1.807, 2.05) is 50.2 Å². The number of aromatic nitrogens is 2. The average Bonchev–Trinajstić information content (AvgIpc) is 3.10. The number of nitrogens with zero attached hydrogens (tertiary/aromatic N) is 3. The van der Waals surface area contributed by atoms with Crippen molar-refractivity contribution in [1.29, 1.82) is 0 Å². The molecule has 0 spiro atoms. The van der Waals surface area contributed by atoms with E-state index in [0.29, 0.717) is 17.3 Å². The molecule has 0 aliphatic heterocycles. The molecule has 3 aromatic rings. The van der Waals surface area contributed by atoms with Crippen LogP contribution in [-0.2, 0) is 16.6 Å². The molecule has 0 unspecified atom stereocenters. The molecule has 0 aliphatic rings. The van der Waals surface area contributed by atoms with Gasteiger partial charge in [0, 0.05) is 12.6 Å². The Balaban J connectivity index is 1.80. The number of ether oxygens (including phenoxy) is 1. The molecule has 0 saturated heterocycles. The van der Waals surface area contributed by atoms with Crippen molar-refractivity contribution >= 4 is 10.0 Å². The van der Waals surface area contributed by atoms with Crippen molar-refractivity contribution in [3.05, 3.63) is 59.0 Å². The Morgan fingerprint density at radius 3 is 2.28 bits per heavy atom. The summed E-state index contributed by atoms with van der Waals surface area (Å²) in [5.41, 5.74) is 3.22. The van der Waals surface area contributed by atoms with E-state index >= 15 is 0 Å². The molecule has 1 aromatic heterocycles. The van der Waals surface area contributed by atoms with E-state index in [-0.39, 0.29) is 12.4 Å². The summed E-state index contributed by atoms with van der Waals surface area (Å²) in [7, 11) is -2.18. The summed E-state index contributed by atoms with van der Waals surface area (Å²) in [5.74, 6) is 1.38. The number of aryl methyl sites for hydroxylation is 3. The van der Waals surface area contributed by atoms with Gasteiger partial charge in [0.05, 0.1) is 18.0 Å². The van der Waals surface area contributed by atoms with Crippen molar-refractivity contribution in [3.8, 4) is 17.1 Å². The summed E-state index contributed by atoms with van der Waals surface area (Å²) < 4.78 is 38.1. The molecule has 154 valence electrons. The Hall–Kier alpha value is -2.71. The maximum Gasteiger partial charge on any atom is 0.243 e. The topological polar surface area (TPSA) is 85.5 Å². The zero-order valence-electron chi connectivity index (χ0n) is 17.3. The summed E-state index contributed by atoms with van der Waals surface area (Å²) >= 11 is 0. The van der Waals surface area contributed by atoms with Crippen LogP contribution in [0.3, 0.4) is 0 Å². The zero-order valence-corrected chi connectivity index (χ0v) is 18.1. The molecule has 0 radical (unpaired) electrons. The monoisotopic (exact) mass is 415 g/mol. The van der Waals surface area contributed by atoms with Crippen molar-refractivity contribution in [1.82, 2.24) is 14.4 Å². The van der Waals surface area contributed by atoms with Gasteiger partial charge in [-0.25, -0.2) is 8.42 Å². The van der Waals surface area contributed by atoms with Crippen LogP contribution in [0.4, 0.5) is 0 Å². The Morgan fingerprint density at radius 2 is 1.69 bits per heavy atom. The molecule has 2 aromatic carbocycles. The van der Waals surface area contributed by atoms with Gasteiger partial charge in [-0.2, -0.15) is 9.29 Å². The highest BCUT2D eigenvalue weighted by atomic mass is 32.2. The predicted octanol–water partition coefficient (Wildman–Crippen LogP) is 3.88. The van der Waals surface area contributed by atoms with Gasteiger partial charge in [-0.3, -0.25) is 0 Å². The first kappa shape index (κ1) is 21.0. The SMILES string of the molecule is CCOc1ccc(-c2noc(CN(C)S(=O)(=O)c3c(C)cc(C)cc3C)n2)cc1. The highest BCUT2D eigenvalue weighted by molar-refractivity contribution is 7.89. The van der Waals surface area contributed by atoms with Crippen LogP contribution in [0.2, 0.25) is 0 Å². The molecule has 0 saturated carbocycles. The Bertz CT molecular complexity index is 1080. The van der Waals surface area contributed by atoms with Crippen molar-refractivity contribution in [2.75, 3.05) is 13.7 Å². The van der Waals surface area contributed by atoms with Gasteiger partial charge in [-0.15, -0.1) is 0 Å². The second-order valence-electron chi connectivity index (χ2n) is 6.96. The lowest BCUT2D eigenvalue weighted by atomic mass is 10.1. The summed E-state index contributed by atoms with van der Waals surface area (Å²) in [4.78, 5) is 4.65. The van der Waals surface area contributed by atoms with E-state index in [4.69, 9.17) is 9.26 Å². The standard InChI is InChI=1S/C21H25N3O4S/c1-6-27-18-9-7-17(8-10-18)21-22-19(28-23-21)13-24(5)29(25,26)20-15(3)11-14(2)12-16(20)4/h7-12H,6,13H2,1-5H3. The minimum atomic E-state index is -3.69. The first-order valence-corrected chi connectivity index (χ1v) is 10.8. The quantitative estimate of drug-likeness (QED) is 0.582. The summed E-state index contributed by atoms with van der Waals surface area (Å²) in [6, 6.07) is 11.1. The highest BCUT2D eigenvalue weighted by Crippen LogP contribution is 2.26. The molecule has 7 nitrogen and oxygen atoms in total. The summed E-state index contributed by atoms with van der Waals surface area (Å²) in [6.07, 6.45) is 0. The second-order valence-corrected chi connectivity index (χ2v) is 8.94. The Kier molecular flexibility index (Phi) is 6.04. The van der Waals surface area contributed by atoms with Crippen LogP contribution in [0, 0.1) is 20.8 Å². The van der Waals surface area contributed by atoms with Crippen LogP contribution in [0.5, 0.6) is 5.75 Å². The number of hydrogen-bond acceptors (Lipinski definition) is 6. The van der Waals surface area contributed by atoms with Gasteiger partial charge in [0.2, 0.25) is 21.7 Å². The molecule has 29 heavy (non-hydrogen) atoms. The van der Waals surface area contributed by atoms with E-state index in [2.05, 4.69) is 10.1 Å². The minimum absolute atomic E-state index is 0.0148. The van der Waals surface area contributed by atoms with E-state index in [1.165, 1.54) is 11.4 Å². The van der Waals surface area contributed by atoms with Gasteiger partial charge in [0.1, 0.15) is 5.75 Å². The fourth-order valence-electron chi connectivity index (χ4n) is 3.31. The van der Waals surface area contributed by atoms with Crippen LogP contribution in [0.25, 0.3) is 11.4 Å². The number of benzene rings is 2. The van der Waals surface area contributed by atoms with Crippen molar-refractivity contribution in [2.45, 2.75) is 39.1 Å². The highest BCUT2D eigenvalue weighted by Gasteiger charge is 2.26. The van der Waals surface area contributed by atoms with Crippen molar-refractivity contribution in [3.63, 3.8) is 0 Å². The van der Waals surface area contributed by atoms with E-state index < -0.39 is 10.0 Å². The lowest BCUT2D eigenvalue weighted by Gasteiger charge is -2.19. The Morgan fingerprint density at radius 1 is 1.07 bits per heavy atom. The average molecular weight is 416 g/mol. The first-order chi connectivity index (χ1) is 13.7. The third kappa shape index (κ3) is 4.49. The molecular formula is C21H25N3O4S. The summed E-state index contributed by atoms with van der Waals surface area (Å²) in [6.45, 7) is 8.05. The van der Waals surface area contributed by atoms with Crippen LogP contribution in [-0.4, -0.2) is 36.5 Å². The largest absolute Gasteiger partial charge is 0.494 e. The van der Waals surface area contributed by atoms with Crippen LogP contribution >= 0.6 is 0 Å². The smallest absolute Gasteiger partial charge is 0.243 e. The van der Waals surface area contributed by atoms with Gasteiger partial charge in [0.15, 0.2) is 0 Å². The third-order valence-electron chi connectivity index (χ3n) is 4.52. The van der Waals surface area contributed by atoms with Crippen LogP contribution in [0.1, 0.15) is 29.5 Å². The fourth-order valence-corrected chi connectivity index (χ4v) is 4.83. The van der Waals surface area contributed by atoms with E-state index in [1.54, 1.807) is 13.8 Å². The maximum atomic E-state index is 13.1. The van der Waals surface area contributed by atoms with Crippen molar-refractivity contribution in [2.24, 2.45) is 0 Å². The normalized spacial score (nSPS) is 11.8. The Labute approximate surface area is 171 Å². The van der Waals surface area contributed by atoms with Crippen molar-refractivity contribution < 1.29 is 17.7 Å². The first-order valence-electron chi connectivity index (χ1n) is 9.32. The molecule has 0 amide bonds. The third-order valence-corrected chi connectivity index (χ3v) is 6.63. The number of hydrogen-bond donors (Lipinski definition) is 0.